The second kappa shape index (κ2) is 13.6. The molecule has 6 heteroatoms. The van der Waals surface area contributed by atoms with Gasteiger partial charge in [-0.05, 0) is 30.3 Å². The number of nitrogens with zero attached hydrogens (tertiary/aromatic N) is 2. The molecule has 2 aliphatic rings. The average molecular weight is 467 g/mol. The van der Waals surface area contributed by atoms with Gasteiger partial charge in [0.15, 0.2) is 0 Å². The molecule has 0 saturated heterocycles. The van der Waals surface area contributed by atoms with Crippen LogP contribution in [0.25, 0.3) is 0 Å². The summed E-state index contributed by atoms with van der Waals surface area (Å²) in [5.74, 6) is 0. The number of benzene rings is 2. The van der Waals surface area contributed by atoms with Gasteiger partial charge in [0.05, 0.1) is 22.1 Å². The molecule has 162 valence electrons. The van der Waals surface area contributed by atoms with E-state index in [1.807, 2.05) is 54.5 Å². The number of hydrogen-bond acceptors (Lipinski definition) is 3. The molecule has 3 nitrogen and oxygen atoms in total. The van der Waals surface area contributed by atoms with Crippen molar-refractivity contribution >= 4 is 46.2 Å². The Hall–Kier alpha value is -1.68. The second-order valence-electron chi connectivity index (χ2n) is 7.16. The number of allylic oxidation sites excluding steroid dienone is 1. The van der Waals surface area contributed by atoms with E-state index in [0.29, 0.717) is 10.0 Å². The first-order valence-electron chi connectivity index (χ1n) is 10.4. The zero-order chi connectivity index (χ0) is 21.8. The average Bonchev–Trinajstić information content (AvgIpc) is 3.26. The van der Waals surface area contributed by atoms with Gasteiger partial charge in [-0.1, -0.05) is 98.1 Å². The molecule has 0 radical (unpaired) electrons. The van der Waals surface area contributed by atoms with Gasteiger partial charge in [0.2, 0.25) is 0 Å². The lowest BCUT2D eigenvalue weighted by molar-refractivity contribution is 0.504. The number of nitrogens with one attached hydrogen (secondary N) is 1. The van der Waals surface area contributed by atoms with E-state index in [4.69, 9.17) is 34.8 Å². The summed E-state index contributed by atoms with van der Waals surface area (Å²) >= 11 is 17.5. The molecule has 4 rings (SSSR count). The predicted molar refractivity (Wildman–Crippen MR) is 133 cm³/mol. The third-order valence-corrected chi connectivity index (χ3v) is 5.66. The summed E-state index contributed by atoms with van der Waals surface area (Å²) in [7, 11) is 1.84. The molecular weight excluding hydrogens is 437 g/mol. The van der Waals surface area contributed by atoms with Crippen LogP contribution in [0.15, 0.2) is 65.9 Å². The fraction of sp³-hybridized carbons (Fsp3) is 0.375. The Morgan fingerprint density at radius 1 is 0.900 bits per heavy atom. The highest BCUT2D eigenvalue weighted by Crippen LogP contribution is 2.31. The Kier molecular flexibility index (Phi) is 11.1. The summed E-state index contributed by atoms with van der Waals surface area (Å²) < 4.78 is 0. The van der Waals surface area contributed by atoms with E-state index in [0.717, 1.165) is 35.1 Å². The van der Waals surface area contributed by atoms with Crippen molar-refractivity contribution in [2.45, 2.75) is 44.9 Å². The first kappa shape index (κ1) is 24.6. The molecule has 0 spiro atoms. The van der Waals surface area contributed by atoms with Gasteiger partial charge in [-0.3, -0.25) is 5.01 Å². The lowest BCUT2D eigenvalue weighted by Crippen LogP contribution is -2.13. The molecule has 0 unspecified atom stereocenters. The minimum absolute atomic E-state index is 0.609. The molecule has 0 aromatic heterocycles. The molecular formula is C24H30Cl3N3. The summed E-state index contributed by atoms with van der Waals surface area (Å²) in [5.41, 5.74) is 2.67. The number of rotatable bonds is 3. The number of hydrazone groups is 1. The monoisotopic (exact) mass is 465 g/mol. The van der Waals surface area contributed by atoms with Crippen molar-refractivity contribution in [2.75, 3.05) is 18.6 Å². The normalized spacial score (nSPS) is 15.2. The quantitative estimate of drug-likeness (QED) is 0.496. The molecule has 1 saturated carbocycles. The Labute approximate surface area is 195 Å². The van der Waals surface area contributed by atoms with Crippen LogP contribution in [0.2, 0.25) is 15.1 Å². The van der Waals surface area contributed by atoms with Crippen LogP contribution in [-0.4, -0.2) is 19.3 Å². The highest BCUT2D eigenvalue weighted by atomic mass is 35.5. The van der Waals surface area contributed by atoms with E-state index < -0.39 is 0 Å². The SMILES string of the molecule is C1CCCCC1.C=C(NC)C1=NN(c2ccc(Cl)cc2Cl)CC1.Clc1ccccc1. The maximum absolute atomic E-state index is 6.14. The van der Waals surface area contributed by atoms with Gasteiger partial charge in [-0.15, -0.1) is 0 Å². The number of hydrogen-bond donors (Lipinski definition) is 1. The van der Waals surface area contributed by atoms with Gasteiger partial charge < -0.3 is 5.32 Å². The molecule has 0 atom stereocenters. The van der Waals surface area contributed by atoms with Crippen molar-refractivity contribution in [1.82, 2.24) is 5.32 Å². The Morgan fingerprint density at radius 3 is 1.97 bits per heavy atom. The maximum atomic E-state index is 6.14. The van der Waals surface area contributed by atoms with Crippen LogP contribution in [0.3, 0.4) is 0 Å². The topological polar surface area (TPSA) is 27.6 Å². The van der Waals surface area contributed by atoms with E-state index in [1.54, 1.807) is 6.07 Å². The van der Waals surface area contributed by atoms with Gasteiger partial charge in [0.25, 0.3) is 0 Å². The van der Waals surface area contributed by atoms with Crippen molar-refractivity contribution in [1.29, 1.82) is 0 Å². The van der Waals surface area contributed by atoms with E-state index in [1.165, 1.54) is 38.5 Å². The Morgan fingerprint density at radius 2 is 1.50 bits per heavy atom. The van der Waals surface area contributed by atoms with Gasteiger partial charge in [-0.25, -0.2) is 0 Å². The standard InChI is InChI=1S/C12H13Cl2N3.C6H5Cl.C6H12/c1-8(15-2)11-5-6-17(16-11)12-4-3-9(13)7-10(12)14;7-6-4-2-1-3-5-6;1-2-4-6-5-3-1/h3-4,7,15H,1,5-6H2,2H3;1-5H;1-6H2. The van der Waals surface area contributed by atoms with E-state index in [9.17, 15) is 0 Å². The zero-order valence-electron chi connectivity index (χ0n) is 17.5. The fourth-order valence-electron chi connectivity index (χ4n) is 3.15. The molecule has 1 aliphatic carbocycles. The van der Waals surface area contributed by atoms with E-state index in [-0.39, 0.29) is 0 Å². The number of halogens is 3. The Bertz CT molecular complexity index is 806. The molecule has 30 heavy (non-hydrogen) atoms. The molecule has 2 aromatic carbocycles. The largest absolute Gasteiger partial charge is 0.387 e. The summed E-state index contributed by atoms with van der Waals surface area (Å²) in [6, 6.07) is 14.8. The predicted octanol–water partition coefficient (Wildman–Crippen LogP) is 7.97. The molecule has 2 aromatic rings. The lowest BCUT2D eigenvalue weighted by atomic mass is 10.0. The van der Waals surface area contributed by atoms with Crippen LogP contribution >= 0.6 is 34.8 Å². The molecule has 0 amide bonds. The van der Waals surface area contributed by atoms with Crippen LogP contribution in [0.1, 0.15) is 44.9 Å². The minimum Gasteiger partial charge on any atom is -0.387 e. The second-order valence-corrected chi connectivity index (χ2v) is 8.44. The van der Waals surface area contributed by atoms with Crippen molar-refractivity contribution < 1.29 is 0 Å². The van der Waals surface area contributed by atoms with Crippen molar-refractivity contribution in [3.8, 4) is 0 Å². The van der Waals surface area contributed by atoms with Gasteiger partial charge in [0, 0.05) is 30.1 Å². The number of anilines is 1. The van der Waals surface area contributed by atoms with Crippen LogP contribution in [-0.2, 0) is 0 Å². The molecule has 1 heterocycles. The third kappa shape index (κ3) is 8.59. The van der Waals surface area contributed by atoms with Crippen LogP contribution < -0.4 is 10.3 Å². The molecule has 1 fully saturated rings. The highest BCUT2D eigenvalue weighted by molar-refractivity contribution is 6.36. The lowest BCUT2D eigenvalue weighted by Gasteiger charge is -2.15. The first-order valence-corrected chi connectivity index (χ1v) is 11.5. The zero-order valence-corrected chi connectivity index (χ0v) is 19.8. The van der Waals surface area contributed by atoms with Crippen LogP contribution in [0.5, 0.6) is 0 Å². The molecule has 1 aliphatic heterocycles. The summed E-state index contributed by atoms with van der Waals surface area (Å²) in [6.45, 7) is 4.70. The third-order valence-electron chi connectivity index (χ3n) is 4.87. The van der Waals surface area contributed by atoms with Crippen LogP contribution in [0.4, 0.5) is 5.69 Å². The van der Waals surface area contributed by atoms with Gasteiger partial charge in [-0.2, -0.15) is 5.10 Å². The van der Waals surface area contributed by atoms with Crippen LogP contribution in [0, 0.1) is 0 Å². The van der Waals surface area contributed by atoms with Crippen molar-refractivity contribution in [2.24, 2.45) is 5.10 Å². The highest BCUT2D eigenvalue weighted by Gasteiger charge is 2.19. The summed E-state index contributed by atoms with van der Waals surface area (Å²) in [4.78, 5) is 0. The Balaban J connectivity index is 0.000000200. The van der Waals surface area contributed by atoms with Crippen molar-refractivity contribution in [3.63, 3.8) is 0 Å². The van der Waals surface area contributed by atoms with Crippen molar-refractivity contribution in [3.05, 3.63) is 75.9 Å². The first-order chi connectivity index (χ1) is 14.5. The smallest absolute Gasteiger partial charge is 0.0852 e. The van der Waals surface area contributed by atoms with E-state index in [2.05, 4.69) is 17.0 Å². The summed E-state index contributed by atoms with van der Waals surface area (Å²) in [5, 5.41) is 11.4. The molecule has 1 N–H and O–H groups in total. The molecule has 0 bridgehead atoms. The van der Waals surface area contributed by atoms with Gasteiger partial charge in [0.1, 0.15) is 0 Å². The minimum atomic E-state index is 0.609. The fourth-order valence-corrected chi connectivity index (χ4v) is 3.80. The van der Waals surface area contributed by atoms with Gasteiger partial charge >= 0.3 is 0 Å². The maximum Gasteiger partial charge on any atom is 0.0852 e. The summed E-state index contributed by atoms with van der Waals surface area (Å²) in [6.07, 6.45) is 9.86. The van der Waals surface area contributed by atoms with E-state index >= 15 is 0 Å².